The molecule has 1 saturated heterocycles. The lowest BCUT2D eigenvalue weighted by atomic mass is 10.1. The molecule has 3 rings (SSSR count). The average Bonchev–Trinajstić information content (AvgIpc) is 3.31. The highest BCUT2D eigenvalue weighted by Gasteiger charge is 2.53. The summed E-state index contributed by atoms with van der Waals surface area (Å²) in [4.78, 5) is 24.3. The van der Waals surface area contributed by atoms with Crippen LogP contribution in [-0.2, 0) is 23.1 Å². The second kappa shape index (κ2) is 10.3. The Balaban J connectivity index is 2.05. The van der Waals surface area contributed by atoms with Crippen LogP contribution in [0.15, 0.2) is 12.7 Å². The van der Waals surface area contributed by atoms with Crippen LogP contribution in [0, 0.1) is 0 Å². The summed E-state index contributed by atoms with van der Waals surface area (Å²) in [6.45, 7) is 21.5. The van der Waals surface area contributed by atoms with Gasteiger partial charge in [0.2, 0.25) is 0 Å². The van der Waals surface area contributed by atoms with Gasteiger partial charge in [-0.1, -0.05) is 41.5 Å². The van der Waals surface area contributed by atoms with E-state index >= 15 is 0 Å². The van der Waals surface area contributed by atoms with Crippen molar-refractivity contribution in [3.63, 3.8) is 0 Å². The second-order valence-corrected chi connectivity index (χ2v) is 22.3. The largest absolute Gasteiger partial charge is 0.480 e. The Morgan fingerprint density at radius 1 is 1.05 bits per heavy atom. The number of imidazole rings is 1. The zero-order chi connectivity index (χ0) is 28.0. The van der Waals surface area contributed by atoms with Crippen LogP contribution in [0.3, 0.4) is 0 Å². The average molecular weight is 554 g/mol. The molecule has 1 aliphatic rings. The first kappa shape index (κ1) is 29.6. The number of aromatic nitrogens is 4. The molecule has 0 unspecified atom stereocenters. The Labute approximate surface area is 221 Å². The van der Waals surface area contributed by atoms with Gasteiger partial charge in [0, 0.05) is 0 Å². The summed E-state index contributed by atoms with van der Waals surface area (Å²) in [6, 6.07) is 0. The first-order valence-corrected chi connectivity index (χ1v) is 18.4. The SMILES string of the molecule is CC(C)(C)[Si](C)(C)OC[C@H]1O[C@@H](n2cnc3c(N)ncnc32)[C@H](OCC(=O)O)[C@@H]1O[Si](C)(C)C(C)(C)C. The van der Waals surface area contributed by atoms with Crippen molar-refractivity contribution >= 4 is 39.6 Å². The quantitative estimate of drug-likeness (QED) is 0.434. The van der Waals surface area contributed by atoms with E-state index in [-0.39, 0.29) is 15.9 Å². The minimum Gasteiger partial charge on any atom is -0.480 e. The van der Waals surface area contributed by atoms with Gasteiger partial charge in [0.25, 0.3) is 0 Å². The van der Waals surface area contributed by atoms with Crippen molar-refractivity contribution in [2.24, 2.45) is 0 Å². The van der Waals surface area contributed by atoms with E-state index in [0.717, 1.165) is 0 Å². The van der Waals surface area contributed by atoms with Crippen LogP contribution in [0.1, 0.15) is 47.8 Å². The molecule has 3 N–H and O–H groups in total. The van der Waals surface area contributed by atoms with Crippen LogP contribution in [0.4, 0.5) is 5.82 Å². The molecule has 3 heterocycles. The van der Waals surface area contributed by atoms with Gasteiger partial charge in [-0.2, -0.15) is 0 Å². The normalized spacial score (nSPS) is 23.6. The van der Waals surface area contributed by atoms with Gasteiger partial charge in [-0.3, -0.25) is 4.57 Å². The third-order valence-corrected chi connectivity index (χ3v) is 17.0. The number of aliphatic carboxylic acids is 1. The van der Waals surface area contributed by atoms with E-state index in [1.807, 2.05) is 0 Å². The number of carbonyl (C=O) groups is 1. The van der Waals surface area contributed by atoms with Gasteiger partial charge in [0.15, 0.2) is 34.3 Å². The number of carboxylic acids is 1. The van der Waals surface area contributed by atoms with E-state index in [0.29, 0.717) is 17.8 Å². The number of hydrogen-bond acceptors (Lipinski definition) is 9. The summed E-state index contributed by atoms with van der Waals surface area (Å²) in [5, 5.41) is 9.36. The fourth-order valence-corrected chi connectivity index (χ4v) is 5.97. The molecule has 13 heteroatoms. The minimum atomic E-state index is -2.32. The Morgan fingerprint density at radius 2 is 1.68 bits per heavy atom. The molecule has 0 radical (unpaired) electrons. The molecule has 1 fully saturated rings. The molecule has 0 aliphatic carbocycles. The molecule has 0 saturated carbocycles. The van der Waals surface area contributed by atoms with E-state index < -0.39 is 53.8 Å². The smallest absolute Gasteiger partial charge is 0.329 e. The van der Waals surface area contributed by atoms with E-state index in [1.54, 1.807) is 10.9 Å². The fourth-order valence-electron chi connectivity index (χ4n) is 3.63. The number of hydrogen-bond donors (Lipinski definition) is 2. The highest BCUT2D eigenvalue weighted by molar-refractivity contribution is 6.74. The first-order valence-electron chi connectivity index (χ1n) is 12.6. The van der Waals surface area contributed by atoms with Gasteiger partial charge >= 0.3 is 5.97 Å². The lowest BCUT2D eigenvalue weighted by molar-refractivity contribution is -0.148. The third kappa shape index (κ3) is 6.23. The first-order chi connectivity index (χ1) is 16.9. The molecule has 0 spiro atoms. The number of nitrogens with two attached hydrogens (primary N) is 1. The van der Waals surface area contributed by atoms with Crippen molar-refractivity contribution in [2.75, 3.05) is 18.9 Å². The Morgan fingerprint density at radius 3 is 2.24 bits per heavy atom. The molecular formula is C24H43N5O6Si2. The van der Waals surface area contributed by atoms with Crippen LogP contribution in [0.2, 0.25) is 36.3 Å². The standard InChI is InChI=1S/C24H43N5O6Si2/c1-23(2,3)36(7,8)33-11-15-18(35-37(9,10)24(4,5)6)19(32-12-16(30)31)22(34-15)29-14-28-17-20(25)26-13-27-21(17)29/h13-15,18-19,22H,11-12H2,1-10H3,(H,30,31)(H2,25,26,27)/t15-,18-,19-,22-/m1/s1. The zero-order valence-electron chi connectivity index (χ0n) is 23.7. The highest BCUT2D eigenvalue weighted by atomic mass is 28.4. The number of rotatable bonds is 9. The predicted molar refractivity (Wildman–Crippen MR) is 146 cm³/mol. The van der Waals surface area contributed by atoms with Crippen molar-refractivity contribution < 1.29 is 28.2 Å². The number of fused-ring (bicyclic) bond motifs is 1. The van der Waals surface area contributed by atoms with Gasteiger partial charge in [-0.05, 0) is 36.3 Å². The molecule has 0 bridgehead atoms. The topological polar surface area (TPSA) is 144 Å². The van der Waals surface area contributed by atoms with Crippen LogP contribution in [0.5, 0.6) is 0 Å². The van der Waals surface area contributed by atoms with Crippen molar-refractivity contribution in [2.45, 2.75) is 102 Å². The van der Waals surface area contributed by atoms with Crippen LogP contribution < -0.4 is 5.73 Å². The number of anilines is 1. The maximum atomic E-state index is 11.5. The maximum absolute atomic E-state index is 11.5. The van der Waals surface area contributed by atoms with E-state index in [2.05, 4.69) is 82.7 Å². The van der Waals surface area contributed by atoms with E-state index in [1.165, 1.54) is 6.33 Å². The molecule has 4 atom stereocenters. The second-order valence-electron chi connectivity index (χ2n) is 12.7. The van der Waals surface area contributed by atoms with Crippen molar-refractivity contribution in [3.8, 4) is 0 Å². The van der Waals surface area contributed by atoms with Crippen molar-refractivity contribution in [1.29, 1.82) is 0 Å². The molecule has 208 valence electrons. The Bertz CT molecular complexity index is 1110. The lowest BCUT2D eigenvalue weighted by Crippen LogP contribution is -2.51. The lowest BCUT2D eigenvalue weighted by Gasteiger charge is -2.41. The van der Waals surface area contributed by atoms with Gasteiger partial charge in [0.05, 0.1) is 12.9 Å². The molecule has 0 aromatic carbocycles. The van der Waals surface area contributed by atoms with Gasteiger partial charge < -0.3 is 29.2 Å². The fraction of sp³-hybridized carbons (Fsp3) is 0.750. The maximum Gasteiger partial charge on any atom is 0.329 e. The summed E-state index contributed by atoms with van der Waals surface area (Å²) in [5.74, 6) is -0.829. The molecule has 11 nitrogen and oxygen atoms in total. The van der Waals surface area contributed by atoms with Crippen LogP contribution in [-0.4, -0.2) is 78.8 Å². The Hall–Kier alpha value is -1.91. The van der Waals surface area contributed by atoms with Crippen molar-refractivity contribution in [3.05, 3.63) is 12.7 Å². The Kier molecular flexibility index (Phi) is 8.28. The highest BCUT2D eigenvalue weighted by Crippen LogP contribution is 2.44. The van der Waals surface area contributed by atoms with E-state index in [9.17, 15) is 9.90 Å². The molecule has 2 aromatic heterocycles. The zero-order valence-corrected chi connectivity index (χ0v) is 25.7. The monoisotopic (exact) mass is 553 g/mol. The summed E-state index contributed by atoms with van der Waals surface area (Å²) in [7, 11) is -4.43. The molecular weight excluding hydrogens is 510 g/mol. The molecule has 2 aromatic rings. The van der Waals surface area contributed by atoms with Gasteiger partial charge in [-0.25, -0.2) is 19.7 Å². The number of carboxylic acid groups (broad SMARTS) is 1. The summed E-state index contributed by atoms with van der Waals surface area (Å²) in [6.07, 6.45) is 0.376. The predicted octanol–water partition coefficient (Wildman–Crippen LogP) is 4.19. The van der Waals surface area contributed by atoms with Crippen molar-refractivity contribution in [1.82, 2.24) is 19.5 Å². The minimum absolute atomic E-state index is 0.00892. The molecule has 0 amide bonds. The summed E-state index contributed by atoms with van der Waals surface area (Å²) >= 11 is 0. The number of ether oxygens (including phenoxy) is 2. The van der Waals surface area contributed by atoms with E-state index in [4.69, 9.17) is 24.1 Å². The van der Waals surface area contributed by atoms with Gasteiger partial charge in [0.1, 0.15) is 36.8 Å². The summed E-state index contributed by atoms with van der Waals surface area (Å²) < 4.78 is 27.7. The van der Waals surface area contributed by atoms with Crippen LogP contribution >= 0.6 is 0 Å². The van der Waals surface area contributed by atoms with Gasteiger partial charge in [-0.15, -0.1) is 0 Å². The number of nitrogen functional groups attached to an aromatic ring is 1. The molecule has 37 heavy (non-hydrogen) atoms. The van der Waals surface area contributed by atoms with Crippen LogP contribution in [0.25, 0.3) is 11.2 Å². The molecule has 1 aliphatic heterocycles. The third-order valence-electron chi connectivity index (χ3n) is 8.00. The number of nitrogens with zero attached hydrogens (tertiary/aromatic N) is 4. The summed E-state index contributed by atoms with van der Waals surface area (Å²) in [5.41, 5.74) is 6.92.